The van der Waals surface area contributed by atoms with E-state index < -0.39 is 15.9 Å². The van der Waals surface area contributed by atoms with Gasteiger partial charge in [0.15, 0.2) is 0 Å². The van der Waals surface area contributed by atoms with Crippen molar-refractivity contribution in [3.8, 4) is 11.1 Å². The summed E-state index contributed by atoms with van der Waals surface area (Å²) < 4.78 is 28.9. The van der Waals surface area contributed by atoms with Gasteiger partial charge >= 0.3 is 0 Å². The summed E-state index contributed by atoms with van der Waals surface area (Å²) in [6, 6.07) is 23.8. The van der Waals surface area contributed by atoms with Crippen LogP contribution in [0.5, 0.6) is 0 Å². The molecule has 0 atom stereocenters. The summed E-state index contributed by atoms with van der Waals surface area (Å²) in [7, 11) is -3.67. The highest BCUT2D eigenvalue weighted by Gasteiger charge is 2.18. The normalized spacial score (nSPS) is 11.6. The van der Waals surface area contributed by atoms with Crippen molar-refractivity contribution in [3.05, 3.63) is 89.7 Å². The lowest BCUT2D eigenvalue weighted by atomic mass is 10.0. The summed E-state index contributed by atoms with van der Waals surface area (Å²) in [5, 5.41) is 0. The maximum atomic E-state index is 12.7. The van der Waals surface area contributed by atoms with E-state index in [2.05, 4.69) is 45.7 Å². The van der Waals surface area contributed by atoms with Gasteiger partial charge in [-0.2, -0.15) is 11.8 Å². The van der Waals surface area contributed by atoms with Gasteiger partial charge < -0.3 is 4.57 Å². The molecule has 0 saturated carbocycles. The van der Waals surface area contributed by atoms with E-state index >= 15 is 0 Å². The van der Waals surface area contributed by atoms with E-state index in [4.69, 9.17) is 4.98 Å². The predicted molar refractivity (Wildman–Crippen MR) is 144 cm³/mol. The summed E-state index contributed by atoms with van der Waals surface area (Å²) >= 11 is 1.58. The number of hydrogen-bond acceptors (Lipinski definition) is 5. The zero-order valence-corrected chi connectivity index (χ0v) is 21.5. The number of amides is 1. The van der Waals surface area contributed by atoms with Crippen molar-refractivity contribution < 1.29 is 13.2 Å². The number of nitrogens with one attached hydrogen (secondary N) is 1. The van der Waals surface area contributed by atoms with E-state index in [1.807, 2.05) is 31.4 Å². The number of carbonyl (C=O) groups excluding carboxylic acids is 1. The van der Waals surface area contributed by atoms with Crippen LogP contribution in [0.4, 0.5) is 0 Å². The standard InChI is InChI=1S/C27H29N3O3S2/c1-3-26-28-24-15-14-23(27(31)29-35(32,33)17-7-16-34-2)18-25(24)30(26)19-20-10-12-22(13-11-20)21-8-5-4-6-9-21/h4-6,8-15,18H,3,7,16-17,19H2,1-2H3,(H,29,31). The van der Waals surface area contributed by atoms with Crippen molar-refractivity contribution in [2.75, 3.05) is 17.8 Å². The third-order valence-corrected chi connectivity index (χ3v) is 7.84. The third kappa shape index (κ3) is 6.13. The average molecular weight is 508 g/mol. The molecular weight excluding hydrogens is 478 g/mol. The molecule has 0 bridgehead atoms. The number of imidazole rings is 1. The number of aromatic nitrogens is 2. The molecule has 0 spiro atoms. The van der Waals surface area contributed by atoms with Crippen LogP contribution in [0.2, 0.25) is 0 Å². The second-order valence-corrected chi connectivity index (χ2v) is 11.2. The number of thioether (sulfide) groups is 1. The first-order chi connectivity index (χ1) is 16.9. The Morgan fingerprint density at radius 1 is 1.00 bits per heavy atom. The van der Waals surface area contributed by atoms with E-state index in [0.717, 1.165) is 40.2 Å². The van der Waals surface area contributed by atoms with Gasteiger partial charge in [0.2, 0.25) is 10.0 Å². The molecule has 6 nitrogen and oxygen atoms in total. The Bertz CT molecular complexity index is 1410. The van der Waals surface area contributed by atoms with Crippen LogP contribution in [0.15, 0.2) is 72.8 Å². The monoisotopic (exact) mass is 507 g/mol. The van der Waals surface area contributed by atoms with Gasteiger partial charge in [0.25, 0.3) is 5.91 Å². The lowest BCUT2D eigenvalue weighted by molar-refractivity contribution is 0.0981. The second-order valence-electron chi connectivity index (χ2n) is 8.33. The molecule has 1 N–H and O–H groups in total. The molecule has 4 aromatic rings. The van der Waals surface area contributed by atoms with Crippen LogP contribution < -0.4 is 4.72 Å². The Morgan fingerprint density at radius 2 is 1.71 bits per heavy atom. The highest BCUT2D eigenvalue weighted by Crippen LogP contribution is 2.23. The van der Waals surface area contributed by atoms with Gasteiger partial charge in [0.05, 0.1) is 16.8 Å². The number of aryl methyl sites for hydroxylation is 1. The van der Waals surface area contributed by atoms with Gasteiger partial charge in [-0.05, 0) is 53.3 Å². The molecule has 0 aliphatic heterocycles. The van der Waals surface area contributed by atoms with Crippen molar-refractivity contribution in [2.24, 2.45) is 0 Å². The Kier molecular flexibility index (Phi) is 7.93. The van der Waals surface area contributed by atoms with Crippen LogP contribution in [-0.2, 0) is 23.0 Å². The van der Waals surface area contributed by atoms with Crippen molar-refractivity contribution in [1.82, 2.24) is 14.3 Å². The summed E-state index contributed by atoms with van der Waals surface area (Å²) in [5.74, 6) is 0.953. The maximum absolute atomic E-state index is 12.7. The van der Waals surface area contributed by atoms with Gasteiger partial charge in [-0.25, -0.2) is 18.1 Å². The molecule has 0 aliphatic carbocycles. The molecule has 1 aromatic heterocycles. The molecule has 4 rings (SSSR count). The zero-order chi connectivity index (χ0) is 24.8. The number of hydrogen-bond donors (Lipinski definition) is 1. The minimum Gasteiger partial charge on any atom is -0.323 e. The summed E-state index contributed by atoms with van der Waals surface area (Å²) in [5.41, 5.74) is 5.32. The number of fused-ring (bicyclic) bond motifs is 1. The predicted octanol–water partition coefficient (Wildman–Crippen LogP) is 5.13. The molecule has 0 unspecified atom stereocenters. The third-order valence-electron chi connectivity index (χ3n) is 5.82. The Labute approximate surface area is 210 Å². The van der Waals surface area contributed by atoms with E-state index in [-0.39, 0.29) is 5.75 Å². The van der Waals surface area contributed by atoms with Crippen LogP contribution in [-0.4, -0.2) is 41.6 Å². The average Bonchev–Trinajstić information content (AvgIpc) is 3.21. The van der Waals surface area contributed by atoms with Crippen molar-refractivity contribution in [1.29, 1.82) is 0 Å². The maximum Gasteiger partial charge on any atom is 0.264 e. The fraction of sp³-hybridized carbons (Fsp3) is 0.259. The molecule has 1 heterocycles. The minimum atomic E-state index is -3.67. The lowest BCUT2D eigenvalue weighted by Gasteiger charge is -2.11. The molecule has 0 saturated heterocycles. The molecule has 3 aromatic carbocycles. The summed E-state index contributed by atoms with van der Waals surface area (Å²) in [6.07, 6.45) is 3.16. The quantitative estimate of drug-likeness (QED) is 0.301. The van der Waals surface area contributed by atoms with Gasteiger partial charge in [-0.1, -0.05) is 61.5 Å². The smallest absolute Gasteiger partial charge is 0.264 e. The zero-order valence-electron chi connectivity index (χ0n) is 19.9. The lowest BCUT2D eigenvalue weighted by Crippen LogP contribution is -2.32. The van der Waals surface area contributed by atoms with Gasteiger partial charge in [0.1, 0.15) is 5.82 Å². The molecule has 0 fully saturated rings. The Morgan fingerprint density at radius 3 is 2.40 bits per heavy atom. The van der Waals surface area contributed by atoms with Gasteiger partial charge in [-0.3, -0.25) is 4.79 Å². The minimum absolute atomic E-state index is 0.0707. The number of rotatable bonds is 10. The number of benzene rings is 3. The van der Waals surface area contributed by atoms with Gasteiger partial charge in [0, 0.05) is 18.5 Å². The first-order valence-electron chi connectivity index (χ1n) is 11.6. The highest BCUT2D eigenvalue weighted by molar-refractivity contribution is 7.98. The van der Waals surface area contributed by atoms with Gasteiger partial charge in [-0.15, -0.1) is 0 Å². The molecule has 35 heavy (non-hydrogen) atoms. The van der Waals surface area contributed by atoms with E-state index in [0.29, 0.717) is 18.5 Å². The van der Waals surface area contributed by atoms with Crippen LogP contribution in [0.1, 0.15) is 35.1 Å². The van der Waals surface area contributed by atoms with E-state index in [1.54, 1.807) is 30.0 Å². The molecule has 0 radical (unpaired) electrons. The molecule has 182 valence electrons. The summed E-state index contributed by atoms with van der Waals surface area (Å²) in [6.45, 7) is 2.65. The van der Waals surface area contributed by atoms with Crippen LogP contribution in [0, 0.1) is 0 Å². The van der Waals surface area contributed by atoms with Crippen LogP contribution in [0.25, 0.3) is 22.2 Å². The van der Waals surface area contributed by atoms with Crippen molar-refractivity contribution >= 4 is 38.7 Å². The Hall–Kier alpha value is -3.10. The number of nitrogens with zero attached hydrogens (tertiary/aromatic N) is 2. The molecule has 0 aliphatic rings. The molecular formula is C27H29N3O3S2. The van der Waals surface area contributed by atoms with E-state index in [9.17, 15) is 13.2 Å². The molecule has 8 heteroatoms. The molecule has 1 amide bonds. The summed E-state index contributed by atoms with van der Waals surface area (Å²) in [4.78, 5) is 17.5. The highest BCUT2D eigenvalue weighted by atomic mass is 32.2. The van der Waals surface area contributed by atoms with E-state index in [1.165, 1.54) is 5.56 Å². The fourth-order valence-electron chi connectivity index (χ4n) is 4.02. The van der Waals surface area contributed by atoms with Crippen molar-refractivity contribution in [2.45, 2.75) is 26.3 Å². The topological polar surface area (TPSA) is 81.1 Å². The SMILES string of the molecule is CCc1nc2ccc(C(=O)NS(=O)(=O)CCCSC)cc2n1Cc1ccc(-c2ccccc2)cc1. The number of carbonyl (C=O) groups is 1. The Balaban J connectivity index is 1.58. The van der Waals surface area contributed by atoms with Crippen LogP contribution >= 0.6 is 11.8 Å². The fourth-order valence-corrected chi connectivity index (χ4v) is 5.66. The first-order valence-corrected chi connectivity index (χ1v) is 14.6. The van der Waals surface area contributed by atoms with Crippen molar-refractivity contribution in [3.63, 3.8) is 0 Å². The number of sulfonamides is 1. The second kappa shape index (κ2) is 11.1. The first kappa shape index (κ1) is 25.0. The van der Waals surface area contributed by atoms with Crippen LogP contribution in [0.3, 0.4) is 0 Å². The largest absolute Gasteiger partial charge is 0.323 e.